The van der Waals surface area contributed by atoms with Crippen molar-refractivity contribution in [3.8, 4) is 11.4 Å². The highest BCUT2D eigenvalue weighted by Gasteiger charge is 2.54. The van der Waals surface area contributed by atoms with Crippen molar-refractivity contribution >= 4 is 24.4 Å². The molecule has 1 aromatic carbocycles. The van der Waals surface area contributed by atoms with Gasteiger partial charge >= 0.3 is 7.12 Å². The number of carbonyl (C=O) groups is 1. The highest BCUT2D eigenvalue weighted by molar-refractivity contribution is 6.48. The Balaban J connectivity index is 1.86. The van der Waals surface area contributed by atoms with Crippen molar-refractivity contribution in [1.82, 2.24) is 14.9 Å². The highest BCUT2D eigenvalue weighted by Crippen LogP contribution is 2.38. The van der Waals surface area contributed by atoms with E-state index < -0.39 is 29.8 Å². The van der Waals surface area contributed by atoms with E-state index in [4.69, 9.17) is 20.8 Å². The lowest BCUT2D eigenvalue weighted by atomic mass is 9.72. The van der Waals surface area contributed by atoms with Gasteiger partial charge in [0.1, 0.15) is 18.1 Å². The van der Waals surface area contributed by atoms with Crippen LogP contribution in [0.25, 0.3) is 11.4 Å². The number of benzene rings is 1. The fourth-order valence-electron chi connectivity index (χ4n) is 3.48. The molecule has 1 fully saturated rings. The molecule has 5 N–H and O–H groups in total. The summed E-state index contributed by atoms with van der Waals surface area (Å²) in [4.78, 5) is 30.1. The quantitative estimate of drug-likeness (QED) is 0.460. The summed E-state index contributed by atoms with van der Waals surface area (Å²) in [7, 11) is -0.615. The Morgan fingerprint density at radius 3 is 2.22 bits per heavy atom. The molecule has 1 aliphatic heterocycles. The van der Waals surface area contributed by atoms with E-state index in [2.05, 4.69) is 10.3 Å². The van der Waals surface area contributed by atoms with E-state index in [-0.39, 0.29) is 24.1 Å². The number of hydrogen-bond acceptors (Lipinski definition) is 7. The number of nitrogens with zero attached hydrogens (tertiary/aromatic N) is 2. The van der Waals surface area contributed by atoms with E-state index >= 15 is 0 Å². The standard InChI is InChI=1S/C22H32BN5O4/c1-13(2)18(23-31-21(3,4)22(5,6)32-23)27-17(29)12-28-19(26-11-16(25)20(28)30)14-7-9-15(24)10-8-14/h7-11,13,18H,12,24-25H2,1-6H3,(H,27,29). The van der Waals surface area contributed by atoms with Crippen molar-refractivity contribution < 1.29 is 14.1 Å². The van der Waals surface area contributed by atoms with E-state index in [9.17, 15) is 9.59 Å². The lowest BCUT2D eigenvalue weighted by Crippen LogP contribution is -2.52. The van der Waals surface area contributed by atoms with Crippen LogP contribution in [-0.4, -0.2) is 39.7 Å². The van der Waals surface area contributed by atoms with Gasteiger partial charge in [-0.3, -0.25) is 14.2 Å². The molecule has 0 spiro atoms. The predicted molar refractivity (Wildman–Crippen MR) is 126 cm³/mol. The number of anilines is 2. The molecular weight excluding hydrogens is 409 g/mol. The Morgan fingerprint density at radius 1 is 1.12 bits per heavy atom. The van der Waals surface area contributed by atoms with Gasteiger partial charge in [0.2, 0.25) is 5.91 Å². The molecular formula is C22H32BN5O4. The zero-order valence-electron chi connectivity index (χ0n) is 19.5. The fourth-order valence-corrected chi connectivity index (χ4v) is 3.48. The second-order valence-corrected chi connectivity index (χ2v) is 9.51. The molecule has 1 unspecified atom stereocenters. The number of amides is 1. The molecule has 172 valence electrons. The summed E-state index contributed by atoms with van der Waals surface area (Å²) >= 11 is 0. The molecule has 3 rings (SSSR count). The average molecular weight is 441 g/mol. The number of aromatic nitrogens is 2. The van der Waals surface area contributed by atoms with Crippen LogP contribution in [0.5, 0.6) is 0 Å². The van der Waals surface area contributed by atoms with Gasteiger partial charge in [0.15, 0.2) is 0 Å². The molecule has 2 heterocycles. The minimum atomic E-state index is -0.615. The van der Waals surface area contributed by atoms with Crippen LogP contribution in [-0.2, 0) is 20.6 Å². The third kappa shape index (κ3) is 4.66. The van der Waals surface area contributed by atoms with Crippen molar-refractivity contribution in [2.24, 2.45) is 5.92 Å². The molecule has 9 nitrogen and oxygen atoms in total. The average Bonchev–Trinajstić information content (AvgIpc) is 2.91. The Kier molecular flexibility index (Phi) is 6.39. The Labute approximate surface area is 188 Å². The summed E-state index contributed by atoms with van der Waals surface area (Å²) in [6.45, 7) is 11.5. The molecule has 1 aliphatic rings. The van der Waals surface area contributed by atoms with Crippen molar-refractivity contribution in [3.05, 3.63) is 40.8 Å². The van der Waals surface area contributed by atoms with Gasteiger partial charge in [-0.1, -0.05) is 13.8 Å². The molecule has 32 heavy (non-hydrogen) atoms. The van der Waals surface area contributed by atoms with Crippen LogP contribution >= 0.6 is 0 Å². The van der Waals surface area contributed by atoms with Gasteiger partial charge in [0.25, 0.3) is 5.56 Å². The third-order valence-corrected chi connectivity index (χ3v) is 6.15. The normalized spacial score (nSPS) is 18.0. The first-order valence-corrected chi connectivity index (χ1v) is 10.7. The molecule has 2 aromatic rings. The summed E-state index contributed by atoms with van der Waals surface area (Å²) in [6.07, 6.45) is 1.30. The summed E-state index contributed by atoms with van der Waals surface area (Å²) < 4.78 is 13.5. The summed E-state index contributed by atoms with van der Waals surface area (Å²) in [5, 5.41) is 2.98. The summed E-state index contributed by atoms with van der Waals surface area (Å²) in [5.41, 5.74) is 11.2. The smallest absolute Gasteiger partial charge is 0.402 e. The van der Waals surface area contributed by atoms with E-state index in [0.717, 1.165) is 0 Å². The minimum Gasteiger partial charge on any atom is -0.402 e. The molecule has 0 saturated carbocycles. The van der Waals surface area contributed by atoms with Crippen LogP contribution < -0.4 is 22.3 Å². The number of carbonyl (C=O) groups excluding carboxylic acids is 1. The lowest BCUT2D eigenvalue weighted by molar-refractivity contribution is -0.122. The number of nitrogens with two attached hydrogens (primary N) is 2. The number of rotatable bonds is 6. The van der Waals surface area contributed by atoms with Gasteiger partial charge in [-0.25, -0.2) is 4.98 Å². The Bertz CT molecular complexity index is 1030. The van der Waals surface area contributed by atoms with E-state index in [1.807, 2.05) is 41.5 Å². The Morgan fingerprint density at radius 2 is 1.69 bits per heavy atom. The van der Waals surface area contributed by atoms with Gasteiger partial charge in [-0.05, 0) is 57.9 Å². The number of nitrogens with one attached hydrogen (secondary N) is 1. The zero-order valence-corrected chi connectivity index (χ0v) is 19.5. The largest absolute Gasteiger partial charge is 0.482 e. The van der Waals surface area contributed by atoms with E-state index in [1.165, 1.54) is 10.8 Å². The van der Waals surface area contributed by atoms with Crippen LogP contribution in [0.15, 0.2) is 35.3 Å². The van der Waals surface area contributed by atoms with Crippen molar-refractivity contribution in [3.63, 3.8) is 0 Å². The molecule has 1 atom stereocenters. The van der Waals surface area contributed by atoms with Crippen molar-refractivity contribution in [1.29, 1.82) is 0 Å². The van der Waals surface area contributed by atoms with Crippen molar-refractivity contribution in [2.45, 2.75) is 65.2 Å². The summed E-state index contributed by atoms with van der Waals surface area (Å²) in [6, 6.07) is 6.89. The minimum absolute atomic E-state index is 0.0286. The monoisotopic (exact) mass is 441 g/mol. The molecule has 1 saturated heterocycles. The Hall–Kier alpha value is -2.85. The third-order valence-electron chi connectivity index (χ3n) is 6.15. The predicted octanol–water partition coefficient (Wildman–Crippen LogP) is 1.85. The highest BCUT2D eigenvalue weighted by atomic mass is 16.7. The topological polar surface area (TPSA) is 134 Å². The number of hydrogen-bond donors (Lipinski definition) is 3. The molecule has 0 bridgehead atoms. The van der Waals surface area contributed by atoms with Gasteiger partial charge in [0, 0.05) is 11.3 Å². The van der Waals surface area contributed by atoms with Gasteiger partial charge in [-0.15, -0.1) is 0 Å². The van der Waals surface area contributed by atoms with Gasteiger partial charge in [0.05, 0.1) is 23.3 Å². The second kappa shape index (κ2) is 8.59. The van der Waals surface area contributed by atoms with Crippen molar-refractivity contribution in [2.75, 3.05) is 11.5 Å². The first-order valence-electron chi connectivity index (χ1n) is 10.7. The molecule has 0 aliphatic carbocycles. The maximum atomic E-state index is 13.0. The van der Waals surface area contributed by atoms with E-state index in [1.54, 1.807) is 24.3 Å². The molecule has 1 aromatic heterocycles. The maximum Gasteiger partial charge on any atom is 0.482 e. The van der Waals surface area contributed by atoms with Gasteiger partial charge < -0.3 is 26.1 Å². The first-order chi connectivity index (χ1) is 14.8. The number of nitrogen functional groups attached to an aromatic ring is 2. The van der Waals surface area contributed by atoms with Crippen LogP contribution in [0.3, 0.4) is 0 Å². The van der Waals surface area contributed by atoms with E-state index in [0.29, 0.717) is 17.1 Å². The molecule has 0 radical (unpaired) electrons. The molecule has 1 amide bonds. The van der Waals surface area contributed by atoms with Crippen LogP contribution in [0.1, 0.15) is 41.5 Å². The summed E-state index contributed by atoms with van der Waals surface area (Å²) in [5.74, 6) is -0.421. The SMILES string of the molecule is CC(C)C(NC(=O)Cn1c(-c2ccc(N)cc2)ncc(N)c1=O)B1OC(C)(C)C(C)(C)O1. The zero-order chi connectivity index (χ0) is 23.8. The van der Waals surface area contributed by atoms with Crippen LogP contribution in [0.4, 0.5) is 11.4 Å². The van der Waals surface area contributed by atoms with Crippen LogP contribution in [0, 0.1) is 5.92 Å². The van der Waals surface area contributed by atoms with Gasteiger partial charge in [-0.2, -0.15) is 0 Å². The first kappa shape index (κ1) is 23.8. The maximum absolute atomic E-state index is 13.0. The molecule has 10 heteroatoms. The fraction of sp³-hybridized carbons (Fsp3) is 0.500. The van der Waals surface area contributed by atoms with Crippen LogP contribution in [0.2, 0.25) is 0 Å². The lowest BCUT2D eigenvalue weighted by Gasteiger charge is -2.32. The second-order valence-electron chi connectivity index (χ2n) is 9.51.